The third-order valence-corrected chi connectivity index (χ3v) is 1.56. The van der Waals surface area contributed by atoms with Gasteiger partial charge >= 0.3 is 5.97 Å². The molecule has 0 radical (unpaired) electrons. The van der Waals surface area contributed by atoms with Crippen LogP contribution in [0.4, 0.5) is 0 Å². The van der Waals surface area contributed by atoms with Gasteiger partial charge in [-0.3, -0.25) is 0 Å². The third kappa shape index (κ3) is 2.71. The molecule has 2 N–H and O–H groups in total. The molecule has 0 aliphatic rings. The predicted octanol–water partition coefficient (Wildman–Crippen LogP) is 1.08. The molecule has 0 unspecified atom stereocenters. The van der Waals surface area contributed by atoms with Crippen molar-refractivity contribution in [1.82, 2.24) is 5.16 Å². The summed E-state index contributed by atoms with van der Waals surface area (Å²) >= 11 is 0. The minimum absolute atomic E-state index is 0. The smallest absolute Gasteiger partial charge is 0.376 e. The Hall–Kier alpha value is -1.07. The Morgan fingerprint density at radius 3 is 2.57 bits per heavy atom. The van der Waals surface area contributed by atoms with Crippen LogP contribution in [0.5, 0.6) is 0 Å². The Morgan fingerprint density at radius 2 is 2.21 bits per heavy atom. The van der Waals surface area contributed by atoms with Gasteiger partial charge in [0.15, 0.2) is 0 Å². The molecular formula is C8H13ClN2O3. The molecule has 1 aromatic rings. The Balaban J connectivity index is 0.00000169. The minimum Gasteiger partial charge on any atom is -0.463 e. The summed E-state index contributed by atoms with van der Waals surface area (Å²) in [5.41, 5.74) is 5.64. The first-order chi connectivity index (χ1) is 5.95. The number of halogens is 1. The Bertz CT molecular complexity index is 317. The number of hydrogen-bond acceptors (Lipinski definition) is 5. The van der Waals surface area contributed by atoms with E-state index in [0.717, 1.165) is 0 Å². The molecule has 0 bridgehead atoms. The molecule has 0 atom stereocenters. The van der Waals surface area contributed by atoms with Crippen molar-refractivity contribution in [1.29, 1.82) is 0 Å². The first kappa shape index (κ1) is 12.9. The SMILES string of the molecule is COC(=O)c1cc(C(C)(C)N)no1.Cl. The highest BCUT2D eigenvalue weighted by Gasteiger charge is 2.22. The van der Waals surface area contributed by atoms with Gasteiger partial charge in [0.2, 0.25) is 5.76 Å². The lowest BCUT2D eigenvalue weighted by atomic mass is 10.0. The zero-order valence-corrected chi connectivity index (χ0v) is 9.05. The van der Waals surface area contributed by atoms with E-state index in [2.05, 4.69) is 9.89 Å². The zero-order chi connectivity index (χ0) is 10.1. The average Bonchev–Trinajstić information content (AvgIpc) is 2.50. The van der Waals surface area contributed by atoms with Crippen LogP contribution in [0.1, 0.15) is 30.1 Å². The molecule has 0 spiro atoms. The molecule has 0 saturated heterocycles. The summed E-state index contributed by atoms with van der Waals surface area (Å²) in [7, 11) is 1.28. The fourth-order valence-electron chi connectivity index (χ4n) is 0.776. The van der Waals surface area contributed by atoms with Crippen LogP contribution in [0.2, 0.25) is 0 Å². The maximum Gasteiger partial charge on any atom is 0.376 e. The number of ether oxygens (including phenoxy) is 1. The average molecular weight is 221 g/mol. The second kappa shape index (κ2) is 4.43. The molecule has 6 heteroatoms. The van der Waals surface area contributed by atoms with E-state index in [9.17, 15) is 4.79 Å². The van der Waals surface area contributed by atoms with Gasteiger partial charge in [-0.15, -0.1) is 12.4 Å². The van der Waals surface area contributed by atoms with Gasteiger partial charge in [0.1, 0.15) is 5.69 Å². The normalized spacial score (nSPS) is 10.6. The van der Waals surface area contributed by atoms with E-state index in [-0.39, 0.29) is 18.2 Å². The quantitative estimate of drug-likeness (QED) is 0.755. The second-order valence-electron chi connectivity index (χ2n) is 3.29. The lowest BCUT2D eigenvalue weighted by Gasteiger charge is -2.12. The summed E-state index contributed by atoms with van der Waals surface area (Å²) < 4.78 is 9.19. The predicted molar refractivity (Wildman–Crippen MR) is 52.3 cm³/mol. The van der Waals surface area contributed by atoms with Gasteiger partial charge in [0, 0.05) is 6.07 Å². The van der Waals surface area contributed by atoms with Crippen molar-refractivity contribution in [3.63, 3.8) is 0 Å². The topological polar surface area (TPSA) is 78.4 Å². The lowest BCUT2D eigenvalue weighted by Crippen LogP contribution is -2.28. The van der Waals surface area contributed by atoms with Gasteiger partial charge in [-0.05, 0) is 13.8 Å². The van der Waals surface area contributed by atoms with Gasteiger partial charge in [0.05, 0.1) is 12.6 Å². The zero-order valence-electron chi connectivity index (χ0n) is 8.23. The maximum atomic E-state index is 11.0. The first-order valence-electron chi connectivity index (χ1n) is 3.79. The van der Waals surface area contributed by atoms with E-state index in [1.165, 1.54) is 13.2 Å². The summed E-state index contributed by atoms with van der Waals surface area (Å²) in [6, 6.07) is 1.48. The van der Waals surface area contributed by atoms with Crippen LogP contribution in [0.15, 0.2) is 10.6 Å². The molecule has 1 heterocycles. The number of nitrogens with two attached hydrogens (primary N) is 1. The van der Waals surface area contributed by atoms with Crippen molar-refractivity contribution in [2.45, 2.75) is 19.4 Å². The van der Waals surface area contributed by atoms with Crippen molar-refractivity contribution in [3.8, 4) is 0 Å². The summed E-state index contributed by atoms with van der Waals surface area (Å²) in [5, 5.41) is 3.66. The minimum atomic E-state index is -0.615. The summed E-state index contributed by atoms with van der Waals surface area (Å²) in [5.74, 6) is -0.487. The van der Waals surface area contributed by atoms with Crippen molar-refractivity contribution in [3.05, 3.63) is 17.5 Å². The van der Waals surface area contributed by atoms with Gasteiger partial charge in [0.25, 0.3) is 0 Å². The molecule has 0 aromatic carbocycles. The fraction of sp³-hybridized carbons (Fsp3) is 0.500. The van der Waals surface area contributed by atoms with Crippen LogP contribution in [0, 0.1) is 0 Å². The van der Waals surface area contributed by atoms with Crippen LogP contribution in [0.3, 0.4) is 0 Å². The van der Waals surface area contributed by atoms with Crippen molar-refractivity contribution in [2.24, 2.45) is 5.73 Å². The van der Waals surface area contributed by atoms with Crippen molar-refractivity contribution in [2.75, 3.05) is 7.11 Å². The summed E-state index contributed by atoms with van der Waals surface area (Å²) in [6.07, 6.45) is 0. The maximum absolute atomic E-state index is 11.0. The summed E-state index contributed by atoms with van der Waals surface area (Å²) in [6.45, 7) is 3.54. The molecule has 5 nitrogen and oxygen atoms in total. The van der Waals surface area contributed by atoms with Crippen molar-refractivity contribution < 1.29 is 14.1 Å². The molecule has 1 rings (SSSR count). The molecular weight excluding hydrogens is 208 g/mol. The van der Waals surface area contributed by atoms with Crippen LogP contribution >= 0.6 is 12.4 Å². The third-order valence-electron chi connectivity index (χ3n) is 1.56. The van der Waals surface area contributed by atoms with Gasteiger partial charge in [-0.1, -0.05) is 5.16 Å². The van der Waals surface area contributed by atoms with Crippen molar-refractivity contribution >= 4 is 18.4 Å². The van der Waals surface area contributed by atoms with Crippen LogP contribution in [-0.2, 0) is 10.3 Å². The standard InChI is InChI=1S/C8H12N2O3.ClH/c1-8(2,9)6-4-5(13-10-6)7(11)12-3;/h4H,9H2,1-3H3;1H. The highest BCUT2D eigenvalue weighted by Crippen LogP contribution is 2.16. The highest BCUT2D eigenvalue weighted by atomic mass is 35.5. The number of carbonyl (C=O) groups excluding carboxylic acids is 1. The molecule has 1 aromatic heterocycles. The Labute approximate surface area is 88.0 Å². The molecule has 0 amide bonds. The van der Waals surface area contributed by atoms with Gasteiger partial charge in [-0.2, -0.15) is 0 Å². The van der Waals surface area contributed by atoms with Gasteiger partial charge in [-0.25, -0.2) is 4.79 Å². The summed E-state index contributed by atoms with van der Waals surface area (Å²) in [4.78, 5) is 11.0. The number of carbonyl (C=O) groups is 1. The van der Waals surface area contributed by atoms with E-state index in [1.54, 1.807) is 13.8 Å². The largest absolute Gasteiger partial charge is 0.463 e. The van der Waals surface area contributed by atoms with Gasteiger partial charge < -0.3 is 15.0 Å². The molecule has 14 heavy (non-hydrogen) atoms. The van der Waals surface area contributed by atoms with E-state index in [4.69, 9.17) is 10.3 Å². The molecule has 0 aliphatic heterocycles. The van der Waals surface area contributed by atoms with E-state index < -0.39 is 11.5 Å². The number of nitrogens with zero attached hydrogens (tertiary/aromatic N) is 1. The molecule has 0 saturated carbocycles. The van der Waals surface area contributed by atoms with Crippen LogP contribution in [0.25, 0.3) is 0 Å². The van der Waals surface area contributed by atoms with E-state index in [1.807, 2.05) is 0 Å². The number of rotatable bonds is 2. The second-order valence-corrected chi connectivity index (χ2v) is 3.29. The Morgan fingerprint density at radius 1 is 1.64 bits per heavy atom. The molecule has 0 aliphatic carbocycles. The molecule has 0 fully saturated rings. The monoisotopic (exact) mass is 220 g/mol. The van der Waals surface area contributed by atoms with E-state index >= 15 is 0 Å². The highest BCUT2D eigenvalue weighted by molar-refractivity contribution is 5.86. The lowest BCUT2D eigenvalue weighted by molar-refractivity contribution is 0.0554. The van der Waals surface area contributed by atoms with Crippen LogP contribution in [-0.4, -0.2) is 18.2 Å². The van der Waals surface area contributed by atoms with E-state index in [0.29, 0.717) is 5.69 Å². The Kier molecular flexibility index (Phi) is 4.09. The fourth-order valence-corrected chi connectivity index (χ4v) is 0.776. The molecule has 80 valence electrons. The van der Waals surface area contributed by atoms with Crippen LogP contribution < -0.4 is 5.73 Å². The first-order valence-corrected chi connectivity index (χ1v) is 3.79. The number of hydrogen-bond donors (Lipinski definition) is 1. The number of esters is 1. The number of methoxy groups -OCH3 is 1. The number of aromatic nitrogens is 1.